The lowest BCUT2D eigenvalue weighted by atomic mass is 9.97. The van der Waals surface area contributed by atoms with E-state index in [1.807, 2.05) is 0 Å². The molecule has 8 nitrogen and oxygen atoms in total. The summed E-state index contributed by atoms with van der Waals surface area (Å²) >= 11 is 5.90. The molecule has 2 N–H and O–H groups in total. The Morgan fingerprint density at radius 1 is 0.976 bits per heavy atom. The van der Waals surface area contributed by atoms with Crippen LogP contribution >= 0.6 is 11.6 Å². The van der Waals surface area contributed by atoms with Gasteiger partial charge in [-0.15, -0.1) is 0 Å². The van der Waals surface area contributed by atoms with Gasteiger partial charge in [0.2, 0.25) is 0 Å². The number of methoxy groups -OCH3 is 1. The van der Waals surface area contributed by atoms with Crippen LogP contribution in [0.1, 0.15) is 30.5 Å². The Balaban J connectivity index is 2.01. The Bertz CT molecular complexity index is 1620. The first kappa shape index (κ1) is 32.4. The SMILES string of the molecule is COC(=O)C(N)CS(=O)(=O)CCCc1cc(F)ccc1C(C)N(c1cc(F)ccc1F)S(=O)(=O)c1ccc(Cl)cc1. The summed E-state index contributed by atoms with van der Waals surface area (Å²) in [7, 11) is -7.26. The molecule has 0 aliphatic carbocycles. The third-order valence-electron chi connectivity index (χ3n) is 6.26. The highest BCUT2D eigenvalue weighted by Gasteiger charge is 2.34. The van der Waals surface area contributed by atoms with Crippen molar-refractivity contribution >= 4 is 43.1 Å². The fraction of sp³-hybridized carbons (Fsp3) is 0.296. The summed E-state index contributed by atoms with van der Waals surface area (Å²) in [5, 5.41) is 0.254. The molecule has 0 amide bonds. The standard InChI is InChI=1S/C27H28ClF3N2O6S2/c1-17(23-11-7-20(29)14-18(23)4-3-13-40(35,36)16-25(32)27(34)39-2)33(26-15-21(30)8-12-24(26)31)41(37,38)22-9-5-19(28)6-10-22/h5-12,14-15,17,25H,3-4,13,16,32H2,1-2H3. The van der Waals surface area contributed by atoms with Gasteiger partial charge < -0.3 is 10.5 Å². The highest BCUT2D eigenvalue weighted by molar-refractivity contribution is 7.93. The molecule has 2 unspecified atom stereocenters. The number of halogens is 4. The van der Waals surface area contributed by atoms with Crippen LogP contribution in [0.15, 0.2) is 65.6 Å². The van der Waals surface area contributed by atoms with Crippen LogP contribution in [0.5, 0.6) is 0 Å². The van der Waals surface area contributed by atoms with Crippen LogP contribution in [0.25, 0.3) is 0 Å². The van der Waals surface area contributed by atoms with Crippen molar-refractivity contribution in [2.45, 2.75) is 36.7 Å². The van der Waals surface area contributed by atoms with Crippen molar-refractivity contribution in [2.24, 2.45) is 5.73 Å². The van der Waals surface area contributed by atoms with E-state index >= 15 is 4.39 Å². The molecule has 14 heteroatoms. The molecule has 0 aliphatic heterocycles. The van der Waals surface area contributed by atoms with Crippen LogP contribution in [-0.4, -0.2) is 47.5 Å². The lowest BCUT2D eigenvalue weighted by molar-refractivity contribution is -0.141. The minimum absolute atomic E-state index is 0.0232. The number of hydrogen-bond acceptors (Lipinski definition) is 7. The number of sulfonamides is 1. The largest absolute Gasteiger partial charge is 0.468 e. The van der Waals surface area contributed by atoms with Crippen molar-refractivity contribution in [2.75, 3.05) is 22.9 Å². The van der Waals surface area contributed by atoms with Gasteiger partial charge in [-0.1, -0.05) is 17.7 Å². The minimum Gasteiger partial charge on any atom is -0.468 e. The molecule has 222 valence electrons. The second kappa shape index (κ2) is 13.2. The van der Waals surface area contributed by atoms with E-state index < -0.39 is 72.6 Å². The van der Waals surface area contributed by atoms with Gasteiger partial charge in [0, 0.05) is 11.1 Å². The Labute approximate surface area is 241 Å². The summed E-state index contributed by atoms with van der Waals surface area (Å²) in [5.41, 5.74) is 5.46. The molecule has 0 fully saturated rings. The number of carbonyl (C=O) groups is 1. The minimum atomic E-state index is -4.53. The lowest BCUT2D eigenvalue weighted by Crippen LogP contribution is -2.39. The number of sulfone groups is 1. The fourth-order valence-corrected chi connectivity index (χ4v) is 7.50. The number of anilines is 1. The molecule has 3 aromatic rings. The van der Waals surface area contributed by atoms with E-state index in [0.29, 0.717) is 4.31 Å². The summed E-state index contributed by atoms with van der Waals surface area (Å²) in [4.78, 5) is 11.2. The maximum Gasteiger partial charge on any atom is 0.323 e. The van der Waals surface area contributed by atoms with Crippen molar-refractivity contribution in [3.8, 4) is 0 Å². The van der Waals surface area contributed by atoms with Gasteiger partial charge in [0.25, 0.3) is 10.0 Å². The van der Waals surface area contributed by atoms with E-state index in [4.69, 9.17) is 17.3 Å². The second-order valence-electron chi connectivity index (χ2n) is 9.22. The molecule has 0 saturated heterocycles. The van der Waals surface area contributed by atoms with E-state index in [2.05, 4.69) is 4.74 Å². The first-order valence-electron chi connectivity index (χ1n) is 12.2. The third kappa shape index (κ3) is 8.00. The smallest absolute Gasteiger partial charge is 0.323 e. The highest BCUT2D eigenvalue weighted by Crippen LogP contribution is 2.37. The zero-order valence-electron chi connectivity index (χ0n) is 22.1. The number of carbonyl (C=O) groups excluding carboxylic acids is 1. The van der Waals surface area contributed by atoms with Gasteiger partial charge in [0.15, 0.2) is 9.84 Å². The fourth-order valence-electron chi connectivity index (χ4n) is 4.30. The number of nitrogens with zero attached hydrogens (tertiary/aromatic N) is 1. The Morgan fingerprint density at radius 3 is 2.22 bits per heavy atom. The molecule has 41 heavy (non-hydrogen) atoms. The summed E-state index contributed by atoms with van der Waals surface area (Å²) in [5.74, 6) is -4.53. The van der Waals surface area contributed by atoms with Crippen LogP contribution in [0.4, 0.5) is 18.9 Å². The quantitative estimate of drug-likeness (QED) is 0.290. The summed E-state index contributed by atoms with van der Waals surface area (Å²) in [6.07, 6.45) is -0.0533. The summed E-state index contributed by atoms with van der Waals surface area (Å²) < 4.78 is 101. The molecular formula is C27H28ClF3N2O6S2. The molecule has 0 aliphatic rings. The molecule has 0 bridgehead atoms. The molecule has 0 radical (unpaired) electrons. The molecule has 0 aromatic heterocycles. The van der Waals surface area contributed by atoms with Crippen LogP contribution in [0, 0.1) is 17.5 Å². The zero-order chi connectivity index (χ0) is 30.5. The maximum atomic E-state index is 15.0. The van der Waals surface area contributed by atoms with E-state index in [-0.39, 0.29) is 33.9 Å². The first-order valence-corrected chi connectivity index (χ1v) is 15.9. The number of rotatable bonds is 12. The number of hydrogen-bond donors (Lipinski definition) is 1. The van der Waals surface area contributed by atoms with Gasteiger partial charge in [-0.2, -0.15) is 0 Å². The van der Waals surface area contributed by atoms with Crippen LogP contribution in [-0.2, 0) is 35.8 Å². The van der Waals surface area contributed by atoms with Gasteiger partial charge in [-0.25, -0.2) is 30.0 Å². The predicted octanol–water partition coefficient (Wildman–Crippen LogP) is 4.56. The number of ether oxygens (including phenoxy) is 1. The number of aryl methyl sites for hydroxylation is 1. The number of benzene rings is 3. The monoisotopic (exact) mass is 632 g/mol. The van der Waals surface area contributed by atoms with Gasteiger partial charge in [-0.3, -0.25) is 9.10 Å². The van der Waals surface area contributed by atoms with Crippen molar-refractivity contribution in [1.82, 2.24) is 0 Å². The van der Waals surface area contributed by atoms with Gasteiger partial charge in [-0.05, 0) is 79.4 Å². The van der Waals surface area contributed by atoms with Crippen LogP contribution < -0.4 is 10.0 Å². The lowest BCUT2D eigenvalue weighted by Gasteiger charge is -2.32. The molecule has 2 atom stereocenters. The Morgan fingerprint density at radius 2 is 1.59 bits per heavy atom. The van der Waals surface area contributed by atoms with Crippen molar-refractivity contribution in [1.29, 1.82) is 0 Å². The first-order chi connectivity index (χ1) is 19.2. The molecule has 0 saturated carbocycles. The summed E-state index contributed by atoms with van der Waals surface area (Å²) in [6, 6.07) is 8.37. The molecule has 0 spiro atoms. The molecule has 3 rings (SSSR count). The normalized spacial score (nSPS) is 13.4. The van der Waals surface area contributed by atoms with E-state index in [1.165, 1.54) is 37.3 Å². The zero-order valence-corrected chi connectivity index (χ0v) is 24.4. The van der Waals surface area contributed by atoms with Gasteiger partial charge >= 0.3 is 5.97 Å². The average Bonchev–Trinajstić information content (AvgIpc) is 2.90. The molecular weight excluding hydrogens is 605 g/mol. The van der Waals surface area contributed by atoms with E-state index in [1.54, 1.807) is 0 Å². The third-order valence-corrected chi connectivity index (χ3v) is 10.2. The predicted molar refractivity (Wildman–Crippen MR) is 149 cm³/mol. The van der Waals surface area contributed by atoms with E-state index in [0.717, 1.165) is 37.4 Å². The number of esters is 1. The van der Waals surface area contributed by atoms with Crippen LogP contribution in [0.2, 0.25) is 5.02 Å². The molecule has 0 heterocycles. The highest BCUT2D eigenvalue weighted by atomic mass is 35.5. The average molecular weight is 633 g/mol. The Kier molecular flexibility index (Phi) is 10.5. The summed E-state index contributed by atoms with van der Waals surface area (Å²) in [6.45, 7) is 1.42. The molecule has 3 aromatic carbocycles. The Hall–Kier alpha value is -3.13. The number of nitrogens with two attached hydrogens (primary N) is 1. The second-order valence-corrected chi connectivity index (χ2v) is 13.7. The van der Waals surface area contributed by atoms with E-state index in [9.17, 15) is 30.4 Å². The van der Waals surface area contributed by atoms with Crippen molar-refractivity contribution in [3.05, 3.63) is 94.3 Å². The van der Waals surface area contributed by atoms with Crippen molar-refractivity contribution < 1.29 is 39.5 Å². The maximum absolute atomic E-state index is 15.0. The topological polar surface area (TPSA) is 124 Å². The van der Waals surface area contributed by atoms with Crippen molar-refractivity contribution in [3.63, 3.8) is 0 Å². The van der Waals surface area contributed by atoms with Gasteiger partial charge in [0.05, 0.1) is 35.2 Å². The van der Waals surface area contributed by atoms with Gasteiger partial charge in [0.1, 0.15) is 23.5 Å². The van der Waals surface area contributed by atoms with Crippen LogP contribution in [0.3, 0.4) is 0 Å².